The van der Waals surface area contributed by atoms with Crippen LogP contribution in [0, 0.1) is 5.92 Å². The summed E-state index contributed by atoms with van der Waals surface area (Å²) in [4.78, 5) is 0. The van der Waals surface area contributed by atoms with Crippen molar-refractivity contribution in [3.63, 3.8) is 0 Å². The Labute approximate surface area is 91.3 Å². The number of rotatable bonds is 6. The van der Waals surface area contributed by atoms with Gasteiger partial charge in [0.15, 0.2) is 0 Å². The second kappa shape index (κ2) is 6.44. The highest BCUT2D eigenvalue weighted by Crippen LogP contribution is 2.20. The summed E-state index contributed by atoms with van der Waals surface area (Å²) < 4.78 is 18.0. The van der Waals surface area contributed by atoms with Gasteiger partial charge >= 0.3 is 0 Å². The molecule has 0 aliphatic heterocycles. The molecule has 0 fully saturated rings. The quantitative estimate of drug-likeness (QED) is 0.648. The van der Waals surface area contributed by atoms with Gasteiger partial charge in [-0.2, -0.15) is 0 Å². The Balaban J connectivity index is 2.57. The minimum absolute atomic E-state index is 0.404. The maximum atomic E-state index is 12.4. The molecule has 0 aromatic heterocycles. The van der Waals surface area contributed by atoms with Crippen LogP contribution in [0.25, 0.3) is 0 Å². The third-order valence-corrected chi connectivity index (χ3v) is 2.29. The average molecular weight is 209 g/mol. The number of ether oxygens (including phenoxy) is 1. The smallest absolute Gasteiger partial charge is 0.119 e. The Bertz CT molecular complexity index is 286. The minimum Gasteiger partial charge on any atom is -0.494 e. The van der Waals surface area contributed by atoms with Gasteiger partial charge in [-0.1, -0.05) is 32.4 Å². The molecule has 1 rings (SSSR count). The largest absolute Gasteiger partial charge is 0.494 e. The highest BCUT2D eigenvalue weighted by atomic mass is 19.1. The third-order valence-electron chi connectivity index (χ3n) is 2.29. The molecule has 0 amide bonds. The number of hydrogen-bond donors (Lipinski definition) is 0. The standard InChI is InChI=1S/C13H18FO/c1-3-4-8-15-13-7-5-6-12(9-13)11(2)10-14/h5-7,9H,3-4,8,10H2,1-2H3. The predicted molar refractivity (Wildman–Crippen MR) is 60.8 cm³/mol. The molecule has 0 aliphatic carbocycles. The summed E-state index contributed by atoms with van der Waals surface area (Å²) in [7, 11) is 0. The molecule has 0 unspecified atom stereocenters. The van der Waals surface area contributed by atoms with Gasteiger partial charge in [-0.05, 0) is 24.1 Å². The Kier molecular flexibility index (Phi) is 5.16. The Hall–Kier alpha value is -1.05. The van der Waals surface area contributed by atoms with Crippen molar-refractivity contribution in [2.75, 3.05) is 13.3 Å². The van der Waals surface area contributed by atoms with E-state index in [0.29, 0.717) is 0 Å². The van der Waals surface area contributed by atoms with Gasteiger partial charge in [-0.25, -0.2) is 0 Å². The number of benzene rings is 1. The Morgan fingerprint density at radius 1 is 1.40 bits per heavy atom. The lowest BCUT2D eigenvalue weighted by Gasteiger charge is -2.09. The fraction of sp³-hybridized carbons (Fsp3) is 0.462. The normalized spacial score (nSPS) is 10.7. The third kappa shape index (κ3) is 3.90. The molecule has 1 aromatic rings. The monoisotopic (exact) mass is 209 g/mol. The van der Waals surface area contributed by atoms with E-state index in [0.717, 1.165) is 36.7 Å². The van der Waals surface area contributed by atoms with Gasteiger partial charge in [0.25, 0.3) is 0 Å². The van der Waals surface area contributed by atoms with Gasteiger partial charge in [0, 0.05) is 5.92 Å². The minimum atomic E-state index is -0.404. The van der Waals surface area contributed by atoms with Crippen molar-refractivity contribution >= 4 is 0 Å². The second-order valence-corrected chi connectivity index (χ2v) is 3.64. The lowest BCUT2D eigenvalue weighted by Crippen LogP contribution is -1.99. The van der Waals surface area contributed by atoms with E-state index in [4.69, 9.17) is 4.74 Å². The first kappa shape index (κ1) is 12.0. The summed E-state index contributed by atoms with van der Waals surface area (Å²) in [6.07, 6.45) is 2.17. The van der Waals surface area contributed by atoms with Crippen molar-refractivity contribution in [2.24, 2.45) is 0 Å². The van der Waals surface area contributed by atoms with Gasteiger partial charge in [-0.15, -0.1) is 0 Å². The molecule has 15 heavy (non-hydrogen) atoms. The molecule has 1 aromatic carbocycles. The molecular formula is C13H18FO. The first-order chi connectivity index (χ1) is 7.27. The van der Waals surface area contributed by atoms with Gasteiger partial charge in [0.1, 0.15) is 5.75 Å². The Morgan fingerprint density at radius 3 is 2.87 bits per heavy atom. The van der Waals surface area contributed by atoms with Crippen LogP contribution in [0.15, 0.2) is 24.3 Å². The number of alkyl halides is 1. The number of halogens is 1. The van der Waals surface area contributed by atoms with E-state index in [1.807, 2.05) is 24.3 Å². The highest BCUT2D eigenvalue weighted by Gasteiger charge is 2.06. The maximum absolute atomic E-state index is 12.4. The fourth-order valence-electron chi connectivity index (χ4n) is 1.26. The molecule has 1 radical (unpaired) electrons. The number of hydrogen-bond acceptors (Lipinski definition) is 1. The topological polar surface area (TPSA) is 9.23 Å². The molecule has 0 bridgehead atoms. The van der Waals surface area contributed by atoms with Gasteiger partial charge in [0.2, 0.25) is 0 Å². The SMILES string of the molecule is CCCCOc1cccc([C](C)CF)c1. The molecule has 0 saturated heterocycles. The van der Waals surface area contributed by atoms with Crippen LogP contribution in [-0.2, 0) is 0 Å². The molecule has 1 nitrogen and oxygen atoms in total. The molecule has 83 valence electrons. The molecule has 0 aliphatic rings. The van der Waals surface area contributed by atoms with E-state index < -0.39 is 6.67 Å². The van der Waals surface area contributed by atoms with Crippen molar-refractivity contribution in [1.82, 2.24) is 0 Å². The molecule has 2 heteroatoms. The second-order valence-electron chi connectivity index (χ2n) is 3.64. The summed E-state index contributed by atoms with van der Waals surface area (Å²) in [6.45, 7) is 4.25. The van der Waals surface area contributed by atoms with E-state index in [9.17, 15) is 4.39 Å². The van der Waals surface area contributed by atoms with Crippen molar-refractivity contribution in [2.45, 2.75) is 26.7 Å². The van der Waals surface area contributed by atoms with E-state index in [-0.39, 0.29) is 0 Å². The molecule has 0 N–H and O–H groups in total. The lowest BCUT2D eigenvalue weighted by atomic mass is 10.0. The van der Waals surface area contributed by atoms with Crippen LogP contribution in [0.4, 0.5) is 4.39 Å². The highest BCUT2D eigenvalue weighted by molar-refractivity contribution is 5.36. The van der Waals surface area contributed by atoms with Crippen molar-refractivity contribution in [3.05, 3.63) is 35.7 Å². The van der Waals surface area contributed by atoms with Crippen molar-refractivity contribution < 1.29 is 9.13 Å². The van der Waals surface area contributed by atoms with Crippen LogP contribution in [0.5, 0.6) is 5.75 Å². The van der Waals surface area contributed by atoms with Gasteiger partial charge in [-0.3, -0.25) is 4.39 Å². The Morgan fingerprint density at radius 2 is 2.20 bits per heavy atom. The van der Waals surface area contributed by atoms with Crippen LogP contribution in [-0.4, -0.2) is 13.3 Å². The molecular weight excluding hydrogens is 191 g/mol. The van der Waals surface area contributed by atoms with Crippen LogP contribution in [0.1, 0.15) is 32.3 Å². The predicted octanol–water partition coefficient (Wildman–Crippen LogP) is 3.78. The van der Waals surface area contributed by atoms with E-state index in [2.05, 4.69) is 6.92 Å². The molecule has 0 saturated carbocycles. The van der Waals surface area contributed by atoms with E-state index >= 15 is 0 Å². The summed E-state index contributed by atoms with van der Waals surface area (Å²) >= 11 is 0. The van der Waals surface area contributed by atoms with Crippen LogP contribution < -0.4 is 4.74 Å². The van der Waals surface area contributed by atoms with Crippen LogP contribution in [0.2, 0.25) is 0 Å². The van der Waals surface area contributed by atoms with Gasteiger partial charge in [0.05, 0.1) is 13.3 Å². The zero-order valence-corrected chi connectivity index (χ0v) is 9.42. The zero-order valence-electron chi connectivity index (χ0n) is 9.42. The summed E-state index contributed by atoms with van der Waals surface area (Å²) in [5.74, 6) is 1.57. The molecule has 0 heterocycles. The average Bonchev–Trinajstić information content (AvgIpc) is 2.29. The maximum Gasteiger partial charge on any atom is 0.119 e. The summed E-state index contributed by atoms with van der Waals surface area (Å²) in [6, 6.07) is 7.60. The van der Waals surface area contributed by atoms with E-state index in [1.165, 1.54) is 0 Å². The van der Waals surface area contributed by atoms with Crippen LogP contribution >= 0.6 is 0 Å². The first-order valence-electron chi connectivity index (χ1n) is 5.39. The van der Waals surface area contributed by atoms with Crippen molar-refractivity contribution in [1.29, 1.82) is 0 Å². The number of unbranched alkanes of at least 4 members (excludes halogenated alkanes) is 1. The molecule has 0 spiro atoms. The first-order valence-corrected chi connectivity index (χ1v) is 5.39. The fourth-order valence-corrected chi connectivity index (χ4v) is 1.26. The molecule has 0 atom stereocenters. The van der Waals surface area contributed by atoms with Crippen molar-refractivity contribution in [3.8, 4) is 5.75 Å². The van der Waals surface area contributed by atoms with E-state index in [1.54, 1.807) is 6.92 Å². The van der Waals surface area contributed by atoms with Gasteiger partial charge < -0.3 is 4.74 Å². The zero-order chi connectivity index (χ0) is 11.1. The lowest BCUT2D eigenvalue weighted by molar-refractivity contribution is 0.309. The van der Waals surface area contributed by atoms with Crippen LogP contribution in [0.3, 0.4) is 0 Å². The summed E-state index contributed by atoms with van der Waals surface area (Å²) in [5, 5.41) is 0. The summed E-state index contributed by atoms with van der Waals surface area (Å²) in [5.41, 5.74) is 0.923.